The molecule has 4 nitrogen and oxygen atoms in total. The largest absolute Gasteiger partial charge is 0.443 e. The standard InChI is InChI=1S/C7H10N2.C7H5NO/c1-9(2)7-5-3-4-6-8-7;1-2-4-7-6(3-1)8-5-9-7/h3-6H,1-2H3;1-5H. The Morgan fingerprint density at radius 2 is 1.72 bits per heavy atom. The Balaban J connectivity index is 0.000000134. The van der Waals surface area contributed by atoms with E-state index in [0.29, 0.717) is 0 Å². The minimum atomic E-state index is 0.845. The van der Waals surface area contributed by atoms with Crippen LogP contribution in [0.15, 0.2) is 59.5 Å². The highest BCUT2D eigenvalue weighted by atomic mass is 16.3. The van der Waals surface area contributed by atoms with Crippen molar-refractivity contribution in [3.05, 3.63) is 55.1 Å². The number of benzene rings is 1. The lowest BCUT2D eigenvalue weighted by Gasteiger charge is -2.08. The molecule has 0 unspecified atom stereocenters. The molecule has 0 saturated carbocycles. The third-order valence-corrected chi connectivity index (χ3v) is 2.34. The fourth-order valence-corrected chi connectivity index (χ4v) is 1.42. The Kier molecular flexibility index (Phi) is 3.91. The number of para-hydroxylation sites is 2. The second-order valence-electron chi connectivity index (χ2n) is 3.90. The molecule has 0 radical (unpaired) electrons. The predicted molar refractivity (Wildman–Crippen MR) is 72.6 cm³/mol. The Morgan fingerprint density at radius 1 is 0.944 bits per heavy atom. The van der Waals surface area contributed by atoms with Gasteiger partial charge < -0.3 is 9.32 Å². The number of hydrogen-bond acceptors (Lipinski definition) is 4. The van der Waals surface area contributed by atoms with Gasteiger partial charge in [-0.05, 0) is 24.3 Å². The van der Waals surface area contributed by atoms with Crippen molar-refractivity contribution >= 4 is 16.9 Å². The third kappa shape index (κ3) is 3.07. The monoisotopic (exact) mass is 241 g/mol. The van der Waals surface area contributed by atoms with E-state index in [0.717, 1.165) is 16.9 Å². The first-order chi connectivity index (χ1) is 8.77. The molecule has 92 valence electrons. The maximum Gasteiger partial charge on any atom is 0.181 e. The van der Waals surface area contributed by atoms with Crippen LogP contribution in [-0.4, -0.2) is 24.1 Å². The zero-order valence-electron chi connectivity index (χ0n) is 10.4. The van der Waals surface area contributed by atoms with Gasteiger partial charge in [-0.1, -0.05) is 18.2 Å². The number of oxazole rings is 1. The molecule has 4 heteroatoms. The fourth-order valence-electron chi connectivity index (χ4n) is 1.42. The van der Waals surface area contributed by atoms with Crippen molar-refractivity contribution in [3.8, 4) is 0 Å². The normalized spacial score (nSPS) is 9.67. The predicted octanol–water partition coefficient (Wildman–Crippen LogP) is 2.98. The zero-order valence-corrected chi connectivity index (χ0v) is 10.4. The minimum absolute atomic E-state index is 0.845. The first kappa shape index (κ1) is 12.1. The molecule has 0 atom stereocenters. The van der Waals surface area contributed by atoms with Crippen molar-refractivity contribution in [2.75, 3.05) is 19.0 Å². The second-order valence-corrected chi connectivity index (χ2v) is 3.90. The van der Waals surface area contributed by atoms with E-state index in [1.165, 1.54) is 6.39 Å². The fraction of sp³-hybridized carbons (Fsp3) is 0.143. The van der Waals surface area contributed by atoms with Gasteiger partial charge in [0.15, 0.2) is 12.0 Å². The highest BCUT2D eigenvalue weighted by molar-refractivity contribution is 5.71. The molecule has 0 aliphatic carbocycles. The summed E-state index contributed by atoms with van der Waals surface area (Å²) in [5.74, 6) is 0.998. The van der Waals surface area contributed by atoms with E-state index in [1.54, 1.807) is 6.20 Å². The molecule has 18 heavy (non-hydrogen) atoms. The summed E-state index contributed by atoms with van der Waals surface area (Å²) in [6.07, 6.45) is 3.24. The van der Waals surface area contributed by atoms with Gasteiger partial charge in [-0.2, -0.15) is 0 Å². The maximum absolute atomic E-state index is 5.01. The van der Waals surface area contributed by atoms with E-state index >= 15 is 0 Å². The molecule has 2 aromatic heterocycles. The number of nitrogens with zero attached hydrogens (tertiary/aromatic N) is 3. The van der Waals surface area contributed by atoms with Gasteiger partial charge in [0.1, 0.15) is 11.3 Å². The van der Waals surface area contributed by atoms with Crippen LogP contribution in [0, 0.1) is 0 Å². The van der Waals surface area contributed by atoms with E-state index in [9.17, 15) is 0 Å². The van der Waals surface area contributed by atoms with Gasteiger partial charge in [-0.25, -0.2) is 9.97 Å². The van der Waals surface area contributed by atoms with Crippen LogP contribution in [0.5, 0.6) is 0 Å². The maximum atomic E-state index is 5.01. The summed E-state index contributed by atoms with van der Waals surface area (Å²) >= 11 is 0. The summed E-state index contributed by atoms with van der Waals surface area (Å²) in [7, 11) is 3.95. The molecule has 0 amide bonds. The van der Waals surface area contributed by atoms with Crippen LogP contribution < -0.4 is 4.90 Å². The van der Waals surface area contributed by atoms with Crippen molar-refractivity contribution in [2.24, 2.45) is 0 Å². The van der Waals surface area contributed by atoms with Crippen LogP contribution in [0.1, 0.15) is 0 Å². The first-order valence-electron chi connectivity index (χ1n) is 5.64. The summed E-state index contributed by atoms with van der Waals surface area (Å²) in [5.41, 5.74) is 1.76. The number of pyridine rings is 1. The quantitative estimate of drug-likeness (QED) is 0.657. The lowest BCUT2D eigenvalue weighted by molar-refractivity contribution is 0.602. The number of anilines is 1. The van der Waals surface area contributed by atoms with Crippen LogP contribution in [0.4, 0.5) is 5.82 Å². The average molecular weight is 241 g/mol. The van der Waals surface area contributed by atoms with Gasteiger partial charge in [0.2, 0.25) is 0 Å². The molecule has 0 aliphatic rings. The minimum Gasteiger partial charge on any atom is -0.443 e. The lowest BCUT2D eigenvalue weighted by atomic mass is 10.3. The summed E-state index contributed by atoms with van der Waals surface area (Å²) in [6, 6.07) is 13.5. The molecular weight excluding hydrogens is 226 g/mol. The number of fused-ring (bicyclic) bond motifs is 1. The second kappa shape index (κ2) is 5.82. The molecule has 0 saturated heterocycles. The van der Waals surface area contributed by atoms with Gasteiger partial charge in [0.05, 0.1) is 0 Å². The van der Waals surface area contributed by atoms with Crippen molar-refractivity contribution in [2.45, 2.75) is 0 Å². The van der Waals surface area contributed by atoms with Crippen molar-refractivity contribution < 1.29 is 4.42 Å². The van der Waals surface area contributed by atoms with Gasteiger partial charge >= 0.3 is 0 Å². The highest BCUT2D eigenvalue weighted by Gasteiger charge is 1.91. The van der Waals surface area contributed by atoms with Crippen LogP contribution in [0.2, 0.25) is 0 Å². The van der Waals surface area contributed by atoms with E-state index in [2.05, 4.69) is 9.97 Å². The van der Waals surface area contributed by atoms with E-state index in [1.807, 2.05) is 61.5 Å². The van der Waals surface area contributed by atoms with Gasteiger partial charge in [-0.3, -0.25) is 0 Å². The van der Waals surface area contributed by atoms with Crippen LogP contribution >= 0.6 is 0 Å². The number of rotatable bonds is 1. The molecule has 0 N–H and O–H groups in total. The average Bonchev–Trinajstić information content (AvgIpc) is 2.89. The summed E-state index contributed by atoms with van der Waals surface area (Å²) < 4.78 is 5.01. The van der Waals surface area contributed by atoms with Gasteiger partial charge in [0, 0.05) is 20.3 Å². The molecule has 0 spiro atoms. The number of hydrogen-bond donors (Lipinski definition) is 0. The SMILES string of the molecule is CN(C)c1ccccn1.c1ccc2ocnc2c1. The van der Waals surface area contributed by atoms with Crippen LogP contribution in [0.3, 0.4) is 0 Å². The van der Waals surface area contributed by atoms with Crippen molar-refractivity contribution in [3.63, 3.8) is 0 Å². The Hall–Kier alpha value is -2.36. The van der Waals surface area contributed by atoms with Gasteiger partial charge in [-0.15, -0.1) is 0 Å². The summed E-state index contributed by atoms with van der Waals surface area (Å²) in [6.45, 7) is 0. The lowest BCUT2D eigenvalue weighted by Crippen LogP contribution is -2.09. The van der Waals surface area contributed by atoms with E-state index in [-0.39, 0.29) is 0 Å². The van der Waals surface area contributed by atoms with Crippen LogP contribution in [0.25, 0.3) is 11.1 Å². The van der Waals surface area contributed by atoms with E-state index in [4.69, 9.17) is 4.42 Å². The van der Waals surface area contributed by atoms with Crippen molar-refractivity contribution in [1.82, 2.24) is 9.97 Å². The smallest absolute Gasteiger partial charge is 0.181 e. The molecule has 1 aromatic carbocycles. The molecule has 0 aliphatic heterocycles. The molecular formula is C14H15N3O. The molecule has 0 fully saturated rings. The Bertz CT molecular complexity index is 560. The Morgan fingerprint density at radius 3 is 2.33 bits per heavy atom. The molecule has 2 heterocycles. The first-order valence-corrected chi connectivity index (χ1v) is 5.64. The van der Waals surface area contributed by atoms with Gasteiger partial charge in [0.25, 0.3) is 0 Å². The molecule has 0 bridgehead atoms. The molecule has 3 aromatic rings. The highest BCUT2D eigenvalue weighted by Crippen LogP contribution is 2.09. The molecule has 3 rings (SSSR count). The van der Waals surface area contributed by atoms with Crippen LogP contribution in [-0.2, 0) is 0 Å². The zero-order chi connectivity index (χ0) is 12.8. The van der Waals surface area contributed by atoms with Crippen molar-refractivity contribution in [1.29, 1.82) is 0 Å². The van der Waals surface area contributed by atoms with E-state index < -0.39 is 0 Å². The Labute approximate surface area is 106 Å². The topological polar surface area (TPSA) is 42.2 Å². The summed E-state index contributed by atoms with van der Waals surface area (Å²) in [5, 5.41) is 0. The third-order valence-electron chi connectivity index (χ3n) is 2.34. The number of aromatic nitrogens is 2. The summed E-state index contributed by atoms with van der Waals surface area (Å²) in [4.78, 5) is 10.0.